The van der Waals surface area contributed by atoms with Gasteiger partial charge < -0.3 is 5.11 Å². The van der Waals surface area contributed by atoms with Gasteiger partial charge in [-0.3, -0.25) is 9.78 Å². The first-order chi connectivity index (χ1) is 13.2. The number of halogens is 6. The van der Waals surface area contributed by atoms with E-state index in [0.29, 0.717) is 28.1 Å². The number of carbonyl (C=O) groups is 1. The Morgan fingerprint density at radius 3 is 1.71 bits per heavy atom. The molecule has 0 aliphatic heterocycles. The Morgan fingerprint density at radius 1 is 0.786 bits per heavy atom. The number of benzene rings is 2. The molecule has 0 radical (unpaired) electrons. The van der Waals surface area contributed by atoms with E-state index >= 15 is 0 Å². The van der Waals surface area contributed by atoms with Crippen molar-refractivity contribution < 1.29 is 9.90 Å². The highest BCUT2D eigenvalue weighted by Gasteiger charge is 2.17. The molecule has 3 rings (SSSR count). The van der Waals surface area contributed by atoms with Gasteiger partial charge in [-0.2, -0.15) is 0 Å². The SMILES string of the molecule is O=C(O)Cc1ccc(-c2cc(Cl)c(Cl)c(Cl)c2)c(-c2cc(Cl)c(Cl)c(Cl)c2)n1. The average molecular weight is 496 g/mol. The van der Waals surface area contributed by atoms with E-state index in [-0.39, 0.29) is 36.6 Å². The number of hydrogen-bond donors (Lipinski definition) is 1. The minimum atomic E-state index is -1.00. The summed E-state index contributed by atoms with van der Waals surface area (Å²) in [6.07, 6.45) is -0.246. The molecule has 9 heteroatoms. The second-order valence-electron chi connectivity index (χ2n) is 5.78. The summed E-state index contributed by atoms with van der Waals surface area (Å²) < 4.78 is 0. The maximum Gasteiger partial charge on any atom is 0.309 e. The lowest BCUT2D eigenvalue weighted by Crippen LogP contribution is -2.04. The molecule has 0 saturated heterocycles. The first kappa shape index (κ1) is 21.5. The highest BCUT2D eigenvalue weighted by molar-refractivity contribution is 6.49. The summed E-state index contributed by atoms with van der Waals surface area (Å²) in [6.45, 7) is 0. The highest BCUT2D eigenvalue weighted by Crippen LogP contribution is 2.41. The van der Waals surface area contributed by atoms with Gasteiger partial charge >= 0.3 is 5.97 Å². The summed E-state index contributed by atoms with van der Waals surface area (Å²) >= 11 is 36.7. The molecule has 1 heterocycles. The number of rotatable bonds is 4. The van der Waals surface area contributed by atoms with Gasteiger partial charge in [0.05, 0.1) is 47.9 Å². The summed E-state index contributed by atoms with van der Waals surface area (Å²) in [4.78, 5) is 15.6. The van der Waals surface area contributed by atoms with Crippen LogP contribution in [0.2, 0.25) is 30.1 Å². The summed E-state index contributed by atoms with van der Waals surface area (Å²) in [5, 5.41) is 10.6. The van der Waals surface area contributed by atoms with E-state index < -0.39 is 5.97 Å². The number of aromatic nitrogens is 1. The predicted molar refractivity (Wildman–Crippen MR) is 117 cm³/mol. The summed E-state index contributed by atoms with van der Waals surface area (Å²) in [7, 11) is 0. The third-order valence-corrected chi connectivity index (χ3v) is 6.23. The van der Waals surface area contributed by atoms with Crippen LogP contribution in [0.5, 0.6) is 0 Å². The number of pyridine rings is 1. The molecule has 0 spiro atoms. The van der Waals surface area contributed by atoms with Gasteiger partial charge in [-0.1, -0.05) is 75.7 Å². The van der Waals surface area contributed by atoms with Crippen molar-refractivity contribution in [3.05, 3.63) is 72.2 Å². The normalized spacial score (nSPS) is 10.9. The van der Waals surface area contributed by atoms with Crippen LogP contribution in [0, 0.1) is 0 Å². The van der Waals surface area contributed by atoms with Crippen LogP contribution in [0.4, 0.5) is 0 Å². The van der Waals surface area contributed by atoms with Crippen LogP contribution in [0.3, 0.4) is 0 Å². The molecule has 0 amide bonds. The topological polar surface area (TPSA) is 50.2 Å². The molecule has 0 fully saturated rings. The van der Waals surface area contributed by atoms with Gasteiger partial charge in [0.1, 0.15) is 0 Å². The molecule has 2 aromatic carbocycles. The van der Waals surface area contributed by atoms with Crippen molar-refractivity contribution in [1.82, 2.24) is 4.98 Å². The fourth-order valence-corrected chi connectivity index (χ4v) is 3.80. The Kier molecular flexibility index (Phi) is 6.65. The minimum absolute atomic E-state index is 0.216. The average Bonchev–Trinajstić information content (AvgIpc) is 2.62. The van der Waals surface area contributed by atoms with E-state index in [9.17, 15) is 4.79 Å². The lowest BCUT2D eigenvalue weighted by atomic mass is 9.98. The van der Waals surface area contributed by atoms with E-state index in [1.54, 1.807) is 36.4 Å². The molecule has 0 aliphatic rings. The summed E-state index contributed by atoms with van der Waals surface area (Å²) in [5.74, 6) is -1.00. The molecule has 1 aromatic heterocycles. The Labute approximate surface area is 190 Å². The molecule has 0 unspecified atom stereocenters. The molecule has 144 valence electrons. The molecular formula is C19H9Cl6NO2. The Morgan fingerprint density at radius 2 is 1.25 bits per heavy atom. The molecule has 28 heavy (non-hydrogen) atoms. The molecule has 0 saturated carbocycles. The van der Waals surface area contributed by atoms with Crippen molar-refractivity contribution in [2.45, 2.75) is 6.42 Å². The third kappa shape index (κ3) is 4.51. The monoisotopic (exact) mass is 493 g/mol. The van der Waals surface area contributed by atoms with Crippen LogP contribution in [0.25, 0.3) is 22.4 Å². The molecular weight excluding hydrogens is 487 g/mol. The summed E-state index contributed by atoms with van der Waals surface area (Å²) in [5.41, 5.74) is 2.66. The number of hydrogen-bond acceptors (Lipinski definition) is 2. The van der Waals surface area contributed by atoms with Crippen molar-refractivity contribution >= 4 is 75.6 Å². The largest absolute Gasteiger partial charge is 0.481 e. The van der Waals surface area contributed by atoms with Gasteiger partial charge in [0.15, 0.2) is 0 Å². The first-order valence-electron chi connectivity index (χ1n) is 7.69. The van der Waals surface area contributed by atoms with Gasteiger partial charge in [0.2, 0.25) is 0 Å². The molecule has 1 N–H and O–H groups in total. The van der Waals surface area contributed by atoms with Gasteiger partial charge in [0, 0.05) is 11.1 Å². The van der Waals surface area contributed by atoms with Crippen LogP contribution < -0.4 is 0 Å². The Bertz CT molecular complexity index is 1050. The van der Waals surface area contributed by atoms with Gasteiger partial charge in [-0.05, 0) is 35.9 Å². The Hall–Kier alpha value is -1.20. The lowest BCUT2D eigenvalue weighted by Gasteiger charge is -2.14. The quantitative estimate of drug-likeness (QED) is 0.373. The fourth-order valence-electron chi connectivity index (χ4n) is 2.61. The second kappa shape index (κ2) is 8.66. The minimum Gasteiger partial charge on any atom is -0.481 e. The van der Waals surface area contributed by atoms with E-state index in [1.165, 1.54) is 0 Å². The molecule has 0 bridgehead atoms. The van der Waals surface area contributed by atoms with E-state index in [4.69, 9.17) is 74.7 Å². The van der Waals surface area contributed by atoms with Crippen LogP contribution in [-0.4, -0.2) is 16.1 Å². The molecule has 0 aliphatic carbocycles. The first-order valence-corrected chi connectivity index (χ1v) is 9.95. The smallest absolute Gasteiger partial charge is 0.309 e. The van der Waals surface area contributed by atoms with E-state index in [0.717, 1.165) is 0 Å². The van der Waals surface area contributed by atoms with Crippen molar-refractivity contribution in [1.29, 1.82) is 0 Å². The number of aliphatic carboxylic acids is 1. The zero-order valence-corrected chi connectivity index (χ0v) is 18.3. The van der Waals surface area contributed by atoms with Crippen molar-refractivity contribution in [2.24, 2.45) is 0 Å². The molecule has 0 atom stereocenters. The maximum absolute atomic E-state index is 11.1. The number of carboxylic acid groups (broad SMARTS) is 1. The van der Waals surface area contributed by atoms with Crippen LogP contribution in [0.15, 0.2) is 36.4 Å². The van der Waals surface area contributed by atoms with Crippen molar-refractivity contribution in [3.63, 3.8) is 0 Å². The van der Waals surface area contributed by atoms with E-state index in [2.05, 4.69) is 4.98 Å². The number of nitrogens with zero attached hydrogens (tertiary/aromatic N) is 1. The predicted octanol–water partition coefficient (Wildman–Crippen LogP) is 7.96. The highest BCUT2D eigenvalue weighted by atomic mass is 35.5. The third-order valence-electron chi connectivity index (χ3n) is 3.84. The van der Waals surface area contributed by atoms with Crippen molar-refractivity contribution in [3.8, 4) is 22.4 Å². The van der Waals surface area contributed by atoms with Gasteiger partial charge in [0.25, 0.3) is 0 Å². The zero-order valence-electron chi connectivity index (χ0n) is 13.7. The van der Waals surface area contributed by atoms with E-state index in [1.807, 2.05) is 0 Å². The Balaban J connectivity index is 2.27. The van der Waals surface area contributed by atoms with Gasteiger partial charge in [-0.15, -0.1) is 0 Å². The van der Waals surface area contributed by atoms with Crippen LogP contribution in [0.1, 0.15) is 5.69 Å². The maximum atomic E-state index is 11.1. The zero-order chi connectivity index (χ0) is 20.6. The standard InChI is InChI=1S/C19H9Cl6NO2/c20-12-3-8(4-13(21)17(12)24)11-2-1-10(7-16(27)28)26-19(11)9-5-14(22)18(25)15(23)6-9/h1-6H,7H2,(H,27,28). The fraction of sp³-hybridized carbons (Fsp3) is 0.0526. The molecule has 3 aromatic rings. The van der Waals surface area contributed by atoms with Crippen LogP contribution in [-0.2, 0) is 11.2 Å². The lowest BCUT2D eigenvalue weighted by molar-refractivity contribution is -0.136. The molecule has 3 nitrogen and oxygen atoms in total. The van der Waals surface area contributed by atoms with Gasteiger partial charge in [-0.25, -0.2) is 0 Å². The summed E-state index contributed by atoms with van der Waals surface area (Å²) in [6, 6.07) is 9.84. The number of carboxylic acids is 1. The van der Waals surface area contributed by atoms with Crippen LogP contribution >= 0.6 is 69.6 Å². The van der Waals surface area contributed by atoms with Crippen molar-refractivity contribution in [2.75, 3.05) is 0 Å². The second-order valence-corrected chi connectivity index (χ2v) is 8.16.